The largest absolute Gasteiger partial charge is 0.478 e. The number of ether oxygens (including phenoxy) is 1. The van der Waals surface area contributed by atoms with Crippen molar-refractivity contribution in [2.24, 2.45) is 0 Å². The van der Waals surface area contributed by atoms with Crippen LogP contribution < -0.4 is 15.8 Å². The van der Waals surface area contributed by atoms with E-state index in [2.05, 4.69) is 10.3 Å². The average molecular weight is 513 g/mol. The number of furan rings is 1. The molecule has 1 fully saturated rings. The first-order valence-electron chi connectivity index (χ1n) is 11.4. The molecule has 0 saturated carbocycles. The smallest absolute Gasteiger partial charge is 0.210 e. The number of pyridine rings is 1. The minimum Gasteiger partial charge on any atom is -0.478 e. The van der Waals surface area contributed by atoms with Crippen molar-refractivity contribution in [3.63, 3.8) is 0 Å². The third-order valence-corrected chi connectivity index (χ3v) is 6.79. The Morgan fingerprint density at radius 1 is 1.25 bits per heavy atom. The second-order valence-electron chi connectivity index (χ2n) is 8.57. The van der Waals surface area contributed by atoms with Gasteiger partial charge >= 0.3 is 0 Å². The number of nitrogens with one attached hydrogen (secondary N) is 1. The molecule has 36 heavy (non-hydrogen) atoms. The van der Waals surface area contributed by atoms with Gasteiger partial charge in [0.15, 0.2) is 11.4 Å². The Morgan fingerprint density at radius 2 is 2.00 bits per heavy atom. The maximum Gasteiger partial charge on any atom is 0.210 e. The number of amides is 1. The Labute approximate surface area is 210 Å². The van der Waals surface area contributed by atoms with Crippen LogP contribution in [0.25, 0.3) is 22.1 Å². The summed E-state index contributed by atoms with van der Waals surface area (Å²) in [4.78, 5) is 17.4. The van der Waals surface area contributed by atoms with Gasteiger partial charge in [0.25, 0.3) is 0 Å². The number of carbonyl (C=O) groups excluding carboxylic acids is 1. The van der Waals surface area contributed by atoms with E-state index >= 15 is 0 Å². The highest BCUT2D eigenvalue weighted by Crippen LogP contribution is 2.41. The van der Waals surface area contributed by atoms with Crippen molar-refractivity contribution in [3.05, 3.63) is 76.6 Å². The van der Waals surface area contributed by atoms with Gasteiger partial charge in [-0.2, -0.15) is 0 Å². The summed E-state index contributed by atoms with van der Waals surface area (Å²) in [6.45, 7) is 3.64. The zero-order valence-electron chi connectivity index (χ0n) is 19.3. The lowest BCUT2D eigenvalue weighted by Crippen LogP contribution is -2.45. The standard InChI is InChI=1S/C26H23ClF2N4O3/c1-14(22-19(28)6-7-20(29)23(22)27)36-25-24-17(10-32-26(25)30)18(12-35-24)15-2-4-16(5-3-15)21-11-31-8-9-33(21)13-34/h2-7,10,12-14,21,31H,8-9,11H2,1H3,(H2,30,32)/t14-,21?/m1/s1. The quantitative estimate of drug-likeness (QED) is 0.271. The van der Waals surface area contributed by atoms with Crippen LogP contribution in [0.3, 0.4) is 0 Å². The molecule has 0 aliphatic carbocycles. The molecular formula is C26H23ClF2N4O3. The monoisotopic (exact) mass is 512 g/mol. The highest BCUT2D eigenvalue weighted by Gasteiger charge is 2.25. The van der Waals surface area contributed by atoms with Gasteiger partial charge in [0, 0.05) is 37.0 Å². The maximum atomic E-state index is 14.4. The molecule has 1 amide bonds. The zero-order chi connectivity index (χ0) is 25.4. The molecule has 2 atom stereocenters. The molecule has 3 heterocycles. The van der Waals surface area contributed by atoms with Crippen molar-refractivity contribution in [1.82, 2.24) is 15.2 Å². The van der Waals surface area contributed by atoms with E-state index in [1.54, 1.807) is 17.4 Å². The number of nitrogens with two attached hydrogens (primary N) is 1. The number of hydrogen-bond donors (Lipinski definition) is 2. The van der Waals surface area contributed by atoms with Crippen molar-refractivity contribution < 1.29 is 22.7 Å². The lowest BCUT2D eigenvalue weighted by molar-refractivity contribution is -0.121. The van der Waals surface area contributed by atoms with Crippen LogP contribution in [0.2, 0.25) is 5.02 Å². The Hall–Kier alpha value is -3.69. The van der Waals surface area contributed by atoms with E-state index in [9.17, 15) is 13.6 Å². The minimum absolute atomic E-state index is 0.0376. The first-order chi connectivity index (χ1) is 17.4. The molecule has 1 aliphatic rings. The lowest BCUT2D eigenvalue weighted by Gasteiger charge is -2.33. The van der Waals surface area contributed by atoms with Crippen molar-refractivity contribution in [2.45, 2.75) is 19.1 Å². The molecule has 0 radical (unpaired) electrons. The molecule has 7 nitrogen and oxygen atoms in total. The fraction of sp³-hybridized carbons (Fsp3) is 0.231. The van der Waals surface area contributed by atoms with E-state index in [1.807, 2.05) is 24.3 Å². The van der Waals surface area contributed by atoms with E-state index in [-0.39, 0.29) is 28.2 Å². The van der Waals surface area contributed by atoms with Crippen LogP contribution in [0.5, 0.6) is 5.75 Å². The number of aromatic nitrogens is 1. The highest BCUT2D eigenvalue weighted by atomic mass is 35.5. The summed E-state index contributed by atoms with van der Waals surface area (Å²) in [6.07, 6.45) is 3.04. The molecule has 0 spiro atoms. The summed E-state index contributed by atoms with van der Waals surface area (Å²) in [7, 11) is 0. The van der Waals surface area contributed by atoms with Crippen molar-refractivity contribution in [2.75, 3.05) is 25.4 Å². The van der Waals surface area contributed by atoms with Gasteiger partial charge in [-0.1, -0.05) is 35.9 Å². The third kappa shape index (κ3) is 4.25. The molecular weight excluding hydrogens is 490 g/mol. The van der Waals surface area contributed by atoms with Crippen LogP contribution in [0.15, 0.2) is 53.3 Å². The van der Waals surface area contributed by atoms with Crippen LogP contribution in [0.4, 0.5) is 14.6 Å². The van der Waals surface area contributed by atoms with E-state index in [0.29, 0.717) is 24.1 Å². The summed E-state index contributed by atoms with van der Waals surface area (Å²) >= 11 is 6.00. The Morgan fingerprint density at radius 3 is 2.75 bits per heavy atom. The van der Waals surface area contributed by atoms with Crippen molar-refractivity contribution >= 4 is 34.8 Å². The van der Waals surface area contributed by atoms with Gasteiger partial charge in [0.05, 0.1) is 22.7 Å². The van der Waals surface area contributed by atoms with E-state index in [0.717, 1.165) is 41.8 Å². The molecule has 0 bridgehead atoms. The van der Waals surface area contributed by atoms with Gasteiger partial charge in [0.1, 0.15) is 17.7 Å². The Bertz CT molecular complexity index is 1430. The third-order valence-electron chi connectivity index (χ3n) is 6.41. The fourth-order valence-electron chi connectivity index (χ4n) is 4.51. The van der Waals surface area contributed by atoms with Crippen LogP contribution in [0, 0.1) is 11.6 Å². The summed E-state index contributed by atoms with van der Waals surface area (Å²) in [6, 6.07) is 9.74. The van der Waals surface area contributed by atoms with Crippen molar-refractivity contribution in [1.29, 1.82) is 0 Å². The van der Waals surface area contributed by atoms with Gasteiger partial charge in [-0.3, -0.25) is 4.79 Å². The maximum absolute atomic E-state index is 14.4. The molecule has 2 aromatic carbocycles. The molecule has 186 valence electrons. The average Bonchev–Trinajstić information content (AvgIpc) is 3.32. The summed E-state index contributed by atoms with van der Waals surface area (Å²) < 4.78 is 40.1. The van der Waals surface area contributed by atoms with Gasteiger partial charge in [-0.15, -0.1) is 0 Å². The van der Waals surface area contributed by atoms with Crippen LogP contribution in [-0.2, 0) is 4.79 Å². The number of benzene rings is 2. The molecule has 10 heteroatoms. The predicted molar refractivity (Wildman–Crippen MR) is 133 cm³/mol. The fourth-order valence-corrected chi connectivity index (χ4v) is 4.82. The van der Waals surface area contributed by atoms with Crippen LogP contribution in [-0.4, -0.2) is 35.9 Å². The van der Waals surface area contributed by atoms with Gasteiger partial charge in [-0.05, 0) is 30.2 Å². The first-order valence-corrected chi connectivity index (χ1v) is 11.7. The molecule has 1 unspecified atom stereocenters. The number of hydrogen-bond acceptors (Lipinski definition) is 6. The number of nitrogens with zero attached hydrogens (tertiary/aromatic N) is 2. The number of anilines is 1. The zero-order valence-corrected chi connectivity index (χ0v) is 20.1. The number of rotatable bonds is 6. The molecule has 5 rings (SSSR count). The van der Waals surface area contributed by atoms with Crippen LogP contribution in [0.1, 0.15) is 30.2 Å². The van der Waals surface area contributed by atoms with Gasteiger partial charge in [-0.25, -0.2) is 13.8 Å². The summed E-state index contributed by atoms with van der Waals surface area (Å²) in [5, 5.41) is 3.59. The SMILES string of the molecule is C[C@@H](Oc1c(N)ncc2c(-c3ccc(C4CNCCN4C=O)cc3)coc12)c1c(F)ccc(F)c1Cl. The highest BCUT2D eigenvalue weighted by molar-refractivity contribution is 6.31. The van der Waals surface area contributed by atoms with E-state index in [4.69, 9.17) is 26.5 Å². The molecule has 3 N–H and O–H groups in total. The topological polar surface area (TPSA) is 93.6 Å². The molecule has 1 aliphatic heterocycles. The number of piperazine rings is 1. The number of halogens is 3. The first kappa shape index (κ1) is 24.0. The number of carbonyl (C=O) groups is 1. The summed E-state index contributed by atoms with van der Waals surface area (Å²) in [5.74, 6) is -1.30. The van der Waals surface area contributed by atoms with Crippen molar-refractivity contribution in [3.8, 4) is 16.9 Å². The molecule has 2 aromatic heterocycles. The normalized spacial score (nSPS) is 16.8. The number of fused-ring (bicyclic) bond motifs is 1. The Kier molecular flexibility index (Phi) is 6.51. The second-order valence-corrected chi connectivity index (χ2v) is 8.94. The predicted octanol–water partition coefficient (Wildman–Crippen LogP) is 5.25. The Balaban J connectivity index is 1.47. The number of nitrogen functional groups attached to an aromatic ring is 1. The second kappa shape index (κ2) is 9.75. The van der Waals surface area contributed by atoms with Gasteiger partial charge < -0.3 is 25.1 Å². The van der Waals surface area contributed by atoms with E-state index in [1.165, 1.54) is 6.92 Å². The van der Waals surface area contributed by atoms with Crippen LogP contribution >= 0.6 is 11.6 Å². The minimum atomic E-state index is -0.972. The summed E-state index contributed by atoms with van der Waals surface area (Å²) in [5.41, 5.74) is 8.89. The lowest BCUT2D eigenvalue weighted by atomic mass is 9.99. The van der Waals surface area contributed by atoms with Gasteiger partial charge in [0.2, 0.25) is 12.2 Å². The molecule has 4 aromatic rings. The molecule has 1 saturated heterocycles. The van der Waals surface area contributed by atoms with E-state index < -0.39 is 17.7 Å².